The van der Waals surface area contributed by atoms with E-state index in [0.717, 1.165) is 66.7 Å². The van der Waals surface area contributed by atoms with Crippen molar-refractivity contribution in [1.82, 2.24) is 0 Å². The van der Waals surface area contributed by atoms with Crippen LogP contribution in [0.1, 0.15) is 35.3 Å². The molecule has 0 amide bonds. The van der Waals surface area contributed by atoms with E-state index in [1.807, 2.05) is 6.07 Å². The fourth-order valence-electron chi connectivity index (χ4n) is 3.36. The number of hydrogen-bond donors (Lipinski definition) is 0. The molecule has 0 aliphatic heterocycles. The van der Waals surface area contributed by atoms with E-state index in [2.05, 4.69) is 18.2 Å². The van der Waals surface area contributed by atoms with E-state index in [-0.39, 0.29) is 5.43 Å². The fraction of sp³-hybridized carbons (Fsp3) is 0.353. The molecule has 0 bridgehead atoms. The molecule has 0 atom stereocenters. The molecule has 2 aromatic rings. The quantitative estimate of drug-likeness (QED) is 0.720. The van der Waals surface area contributed by atoms with Crippen molar-refractivity contribution in [1.29, 1.82) is 0 Å². The predicted octanol–water partition coefficient (Wildman–Crippen LogP) is 3.28. The Morgan fingerprint density at radius 2 is 1.74 bits per heavy atom. The van der Waals surface area contributed by atoms with Gasteiger partial charge in [-0.05, 0) is 37.7 Å². The van der Waals surface area contributed by atoms with E-state index in [9.17, 15) is 4.79 Å². The lowest BCUT2D eigenvalue weighted by molar-refractivity contribution is 0.455. The minimum Gasteiger partial charge on any atom is -0.460 e. The van der Waals surface area contributed by atoms with Crippen LogP contribution >= 0.6 is 0 Å². The highest BCUT2D eigenvalue weighted by molar-refractivity contribution is 5.68. The van der Waals surface area contributed by atoms with Gasteiger partial charge in [-0.15, -0.1) is 0 Å². The summed E-state index contributed by atoms with van der Waals surface area (Å²) in [6.45, 7) is 0. The maximum Gasteiger partial charge on any atom is 0.192 e. The number of aryl methyl sites for hydroxylation is 2. The standard InChI is InChI=1S/C17H16O2/c18-16-13-7-3-4-8-15(13)19-17-12-6-2-1-5-11(12)9-10-14(16)17/h1-2,5-6H,3-4,7-10H2. The Hall–Kier alpha value is -1.83. The van der Waals surface area contributed by atoms with Crippen LogP contribution < -0.4 is 5.43 Å². The minimum absolute atomic E-state index is 0.255. The summed E-state index contributed by atoms with van der Waals surface area (Å²) in [4.78, 5) is 12.6. The zero-order valence-electron chi connectivity index (χ0n) is 10.9. The van der Waals surface area contributed by atoms with Crippen molar-refractivity contribution in [2.45, 2.75) is 38.5 Å². The van der Waals surface area contributed by atoms with E-state index in [1.54, 1.807) is 0 Å². The molecule has 1 heterocycles. The first-order chi connectivity index (χ1) is 9.34. The molecule has 96 valence electrons. The summed E-state index contributed by atoms with van der Waals surface area (Å²) >= 11 is 0. The largest absolute Gasteiger partial charge is 0.460 e. The van der Waals surface area contributed by atoms with Gasteiger partial charge in [-0.3, -0.25) is 4.79 Å². The molecule has 2 nitrogen and oxygen atoms in total. The molecular weight excluding hydrogens is 236 g/mol. The van der Waals surface area contributed by atoms with Gasteiger partial charge < -0.3 is 4.42 Å². The van der Waals surface area contributed by atoms with Crippen molar-refractivity contribution < 1.29 is 4.42 Å². The van der Waals surface area contributed by atoms with Gasteiger partial charge in [-0.2, -0.15) is 0 Å². The van der Waals surface area contributed by atoms with E-state index in [4.69, 9.17) is 4.42 Å². The normalized spacial score (nSPS) is 16.4. The average Bonchev–Trinajstić information content (AvgIpc) is 2.47. The third kappa shape index (κ3) is 1.59. The third-order valence-electron chi connectivity index (χ3n) is 4.37. The fourth-order valence-corrected chi connectivity index (χ4v) is 3.36. The molecule has 0 unspecified atom stereocenters. The molecule has 2 heteroatoms. The number of fused-ring (bicyclic) bond motifs is 4. The van der Waals surface area contributed by atoms with Crippen LogP contribution in [-0.2, 0) is 25.7 Å². The second-order valence-electron chi connectivity index (χ2n) is 5.50. The van der Waals surface area contributed by atoms with Gasteiger partial charge in [0.05, 0.1) is 0 Å². The lowest BCUT2D eigenvalue weighted by Gasteiger charge is -2.22. The monoisotopic (exact) mass is 252 g/mol. The Morgan fingerprint density at radius 3 is 2.68 bits per heavy atom. The lowest BCUT2D eigenvalue weighted by Crippen LogP contribution is -2.23. The van der Waals surface area contributed by atoms with E-state index < -0.39 is 0 Å². The van der Waals surface area contributed by atoms with E-state index in [0.29, 0.717) is 0 Å². The van der Waals surface area contributed by atoms with Gasteiger partial charge in [0.1, 0.15) is 11.5 Å². The topological polar surface area (TPSA) is 30.2 Å². The molecule has 0 saturated carbocycles. The van der Waals surface area contributed by atoms with Crippen molar-refractivity contribution in [2.75, 3.05) is 0 Å². The minimum atomic E-state index is 0.255. The van der Waals surface area contributed by atoms with Crippen LogP contribution in [-0.4, -0.2) is 0 Å². The summed E-state index contributed by atoms with van der Waals surface area (Å²) in [5.41, 5.74) is 4.53. The van der Waals surface area contributed by atoms with Crippen LogP contribution in [0.4, 0.5) is 0 Å². The number of benzene rings is 1. The van der Waals surface area contributed by atoms with Crippen molar-refractivity contribution >= 4 is 0 Å². The van der Waals surface area contributed by atoms with Crippen LogP contribution in [0, 0.1) is 0 Å². The molecule has 0 saturated heterocycles. The van der Waals surface area contributed by atoms with Crippen LogP contribution in [0.2, 0.25) is 0 Å². The van der Waals surface area contributed by atoms with Crippen molar-refractivity contribution in [2.24, 2.45) is 0 Å². The van der Waals surface area contributed by atoms with Gasteiger partial charge in [0.25, 0.3) is 0 Å². The maximum absolute atomic E-state index is 12.6. The highest BCUT2D eigenvalue weighted by atomic mass is 16.3. The van der Waals surface area contributed by atoms with Crippen LogP contribution in [0.3, 0.4) is 0 Å². The molecule has 1 aromatic heterocycles. The first-order valence-electron chi connectivity index (χ1n) is 7.10. The second-order valence-corrected chi connectivity index (χ2v) is 5.50. The number of rotatable bonds is 0. The lowest BCUT2D eigenvalue weighted by atomic mass is 9.87. The summed E-state index contributed by atoms with van der Waals surface area (Å²) in [5, 5.41) is 0. The summed E-state index contributed by atoms with van der Waals surface area (Å²) in [7, 11) is 0. The second kappa shape index (κ2) is 4.09. The summed E-state index contributed by atoms with van der Waals surface area (Å²) in [5.74, 6) is 1.78. The third-order valence-corrected chi connectivity index (χ3v) is 4.37. The summed E-state index contributed by atoms with van der Waals surface area (Å²) < 4.78 is 6.13. The van der Waals surface area contributed by atoms with Crippen LogP contribution in [0.15, 0.2) is 33.5 Å². The molecule has 0 N–H and O–H groups in total. The molecule has 19 heavy (non-hydrogen) atoms. The highest BCUT2D eigenvalue weighted by Gasteiger charge is 2.25. The van der Waals surface area contributed by atoms with Gasteiger partial charge in [-0.25, -0.2) is 0 Å². The average molecular weight is 252 g/mol. The van der Waals surface area contributed by atoms with Gasteiger partial charge in [0.15, 0.2) is 5.43 Å². The molecule has 0 fully saturated rings. The molecule has 1 aromatic carbocycles. The first kappa shape index (κ1) is 11.0. The van der Waals surface area contributed by atoms with Crippen molar-refractivity contribution in [3.8, 4) is 11.3 Å². The molecule has 0 radical (unpaired) electrons. The van der Waals surface area contributed by atoms with Gasteiger partial charge in [0, 0.05) is 23.1 Å². The Balaban J connectivity index is 2.02. The molecular formula is C17H16O2. The van der Waals surface area contributed by atoms with Crippen LogP contribution in [0.25, 0.3) is 11.3 Å². The van der Waals surface area contributed by atoms with Crippen LogP contribution in [0.5, 0.6) is 0 Å². The van der Waals surface area contributed by atoms with Crippen molar-refractivity contribution in [3.05, 3.63) is 56.9 Å². The van der Waals surface area contributed by atoms with Gasteiger partial charge >= 0.3 is 0 Å². The zero-order valence-corrected chi connectivity index (χ0v) is 10.9. The Bertz CT molecular complexity index is 710. The highest BCUT2D eigenvalue weighted by Crippen LogP contribution is 2.34. The van der Waals surface area contributed by atoms with E-state index in [1.165, 1.54) is 5.56 Å². The Labute approximate surface area is 112 Å². The number of hydrogen-bond acceptors (Lipinski definition) is 2. The molecule has 0 spiro atoms. The van der Waals surface area contributed by atoms with Gasteiger partial charge in [-0.1, -0.05) is 24.3 Å². The summed E-state index contributed by atoms with van der Waals surface area (Å²) in [6, 6.07) is 8.29. The molecule has 2 aliphatic carbocycles. The molecule has 2 aliphatic rings. The Morgan fingerprint density at radius 1 is 0.895 bits per heavy atom. The summed E-state index contributed by atoms with van der Waals surface area (Å²) in [6.07, 6.45) is 5.84. The predicted molar refractivity (Wildman–Crippen MR) is 74.5 cm³/mol. The van der Waals surface area contributed by atoms with E-state index >= 15 is 0 Å². The maximum atomic E-state index is 12.6. The smallest absolute Gasteiger partial charge is 0.192 e. The molecule has 4 rings (SSSR count). The van der Waals surface area contributed by atoms with Gasteiger partial charge in [0.2, 0.25) is 0 Å². The SMILES string of the molecule is O=c1c2c(oc3c1CCc1ccccc1-3)CCCC2. The Kier molecular flexibility index (Phi) is 2.37. The zero-order chi connectivity index (χ0) is 12.8. The van der Waals surface area contributed by atoms with Crippen molar-refractivity contribution in [3.63, 3.8) is 0 Å². The first-order valence-corrected chi connectivity index (χ1v) is 7.10.